The third-order valence-electron chi connectivity index (χ3n) is 5.63. The van der Waals surface area contributed by atoms with E-state index < -0.39 is 5.41 Å². The summed E-state index contributed by atoms with van der Waals surface area (Å²) in [6, 6.07) is 17.3. The molecule has 0 saturated heterocycles. The molecule has 6 nitrogen and oxygen atoms in total. The Morgan fingerprint density at radius 1 is 1.06 bits per heavy atom. The van der Waals surface area contributed by atoms with Crippen LogP contribution in [-0.4, -0.2) is 31.7 Å². The first-order chi connectivity index (χ1) is 15.7. The Balaban J connectivity index is 1.46. The molecule has 0 unspecified atom stereocenters. The fourth-order valence-electron chi connectivity index (χ4n) is 3.43. The van der Waals surface area contributed by atoms with Crippen LogP contribution in [0, 0.1) is 5.41 Å². The van der Waals surface area contributed by atoms with Gasteiger partial charge in [0.2, 0.25) is 5.91 Å². The smallest absolute Gasteiger partial charge is 0.229 e. The molecule has 1 amide bonds. The van der Waals surface area contributed by atoms with Crippen molar-refractivity contribution in [2.75, 3.05) is 5.32 Å². The molecular formula is C26H30N4O2S. The first-order valence-corrected chi connectivity index (χ1v) is 12.2. The maximum absolute atomic E-state index is 13.1. The Morgan fingerprint density at radius 2 is 1.73 bits per heavy atom. The normalized spacial score (nSPS) is 14.7. The number of nitrogens with one attached hydrogen (secondary N) is 1. The van der Waals surface area contributed by atoms with Gasteiger partial charge in [0, 0.05) is 22.6 Å². The zero-order valence-corrected chi connectivity index (χ0v) is 20.4. The number of carbonyl (C=O) groups is 2. The molecule has 33 heavy (non-hydrogen) atoms. The molecular weight excluding hydrogens is 432 g/mol. The zero-order valence-electron chi connectivity index (χ0n) is 19.5. The minimum atomic E-state index is -0.478. The molecule has 0 radical (unpaired) electrons. The quantitative estimate of drug-likeness (QED) is 0.351. The van der Waals surface area contributed by atoms with Gasteiger partial charge in [-0.2, -0.15) is 0 Å². The highest BCUT2D eigenvalue weighted by molar-refractivity contribution is 8.00. The van der Waals surface area contributed by atoms with Crippen molar-refractivity contribution in [2.24, 2.45) is 5.41 Å². The van der Waals surface area contributed by atoms with Gasteiger partial charge >= 0.3 is 0 Å². The number of carbonyl (C=O) groups excluding carboxylic acids is 2. The highest BCUT2D eigenvalue weighted by atomic mass is 32.2. The number of nitrogens with zero attached hydrogens (tertiary/aromatic N) is 3. The molecule has 2 aromatic carbocycles. The molecule has 172 valence electrons. The van der Waals surface area contributed by atoms with E-state index in [1.807, 2.05) is 45.9 Å². The number of anilines is 1. The van der Waals surface area contributed by atoms with E-state index in [1.165, 1.54) is 17.3 Å². The van der Waals surface area contributed by atoms with Gasteiger partial charge in [-0.15, -0.1) is 10.2 Å². The Labute approximate surface area is 199 Å². The number of amides is 1. The Bertz CT molecular complexity index is 1130. The summed E-state index contributed by atoms with van der Waals surface area (Å²) in [4.78, 5) is 25.3. The van der Waals surface area contributed by atoms with E-state index >= 15 is 0 Å². The highest BCUT2D eigenvalue weighted by Gasteiger charge is 2.31. The van der Waals surface area contributed by atoms with Crippen molar-refractivity contribution in [1.29, 1.82) is 0 Å². The van der Waals surface area contributed by atoms with Gasteiger partial charge in [0.25, 0.3) is 0 Å². The van der Waals surface area contributed by atoms with Crippen LogP contribution in [0.3, 0.4) is 0 Å². The second-order valence-corrected chi connectivity index (χ2v) is 10.9. The van der Waals surface area contributed by atoms with Gasteiger partial charge in [-0.25, -0.2) is 0 Å². The zero-order chi connectivity index (χ0) is 23.6. The molecule has 1 aliphatic rings. The van der Waals surface area contributed by atoms with Crippen molar-refractivity contribution in [3.63, 3.8) is 0 Å². The lowest BCUT2D eigenvalue weighted by Crippen LogP contribution is -2.27. The maximum Gasteiger partial charge on any atom is 0.229 e. The first kappa shape index (κ1) is 23.2. The first-order valence-electron chi connectivity index (χ1n) is 11.3. The van der Waals surface area contributed by atoms with Crippen molar-refractivity contribution in [3.05, 3.63) is 71.5 Å². The molecule has 1 heterocycles. The van der Waals surface area contributed by atoms with E-state index in [-0.39, 0.29) is 16.9 Å². The molecule has 4 rings (SSSR count). The molecule has 0 aliphatic heterocycles. The lowest BCUT2D eigenvalue weighted by molar-refractivity contribution is -0.123. The molecule has 1 aromatic heterocycles. The predicted octanol–water partition coefficient (Wildman–Crippen LogP) is 5.55. The summed E-state index contributed by atoms with van der Waals surface area (Å²) in [6.45, 7) is 8.20. The third-order valence-corrected chi connectivity index (χ3v) is 6.71. The summed E-state index contributed by atoms with van der Waals surface area (Å²) in [5.74, 6) is 1.45. The van der Waals surface area contributed by atoms with Gasteiger partial charge in [0.1, 0.15) is 5.82 Å². The monoisotopic (exact) mass is 462 g/mol. The molecule has 1 aliphatic carbocycles. The van der Waals surface area contributed by atoms with Crippen molar-refractivity contribution in [2.45, 2.75) is 63.4 Å². The number of Topliss-reactive ketones (excluding diaryl/α,β-unsaturated/α-hetero) is 1. The standard InChI is InChI=1S/C26H30N4O2S/c1-17(22(31)19-12-14-21(15-13-19)27-24(32)26(2,3)4)33-25-29-28-23(20-10-11-20)30(25)16-18-8-6-5-7-9-18/h5-9,12-15,17,20H,10-11,16H2,1-4H3,(H,27,32)/t17-/m0/s1. The van der Waals surface area contributed by atoms with Crippen molar-refractivity contribution in [1.82, 2.24) is 14.8 Å². The number of benzene rings is 2. The minimum absolute atomic E-state index is 0.0240. The maximum atomic E-state index is 13.1. The molecule has 1 atom stereocenters. The van der Waals surface area contributed by atoms with Gasteiger partial charge in [0.15, 0.2) is 10.9 Å². The van der Waals surface area contributed by atoms with Crippen LogP contribution in [0.25, 0.3) is 0 Å². The minimum Gasteiger partial charge on any atom is -0.326 e. The van der Waals surface area contributed by atoms with E-state index in [9.17, 15) is 9.59 Å². The topological polar surface area (TPSA) is 76.9 Å². The molecule has 1 fully saturated rings. The van der Waals surface area contributed by atoms with Gasteiger partial charge in [-0.3, -0.25) is 9.59 Å². The van der Waals surface area contributed by atoms with Crippen LogP contribution in [0.4, 0.5) is 5.69 Å². The average molecular weight is 463 g/mol. The predicted molar refractivity (Wildman–Crippen MR) is 132 cm³/mol. The largest absolute Gasteiger partial charge is 0.326 e. The highest BCUT2D eigenvalue weighted by Crippen LogP contribution is 2.40. The fourth-order valence-corrected chi connectivity index (χ4v) is 4.36. The van der Waals surface area contributed by atoms with E-state index in [2.05, 4.69) is 32.2 Å². The number of thioether (sulfide) groups is 1. The number of rotatable bonds is 8. The Hall–Kier alpha value is -2.93. The molecule has 1 saturated carbocycles. The van der Waals surface area contributed by atoms with Crippen molar-refractivity contribution >= 4 is 29.1 Å². The summed E-state index contributed by atoms with van der Waals surface area (Å²) in [5, 5.41) is 12.2. The van der Waals surface area contributed by atoms with Gasteiger partial charge in [-0.05, 0) is 49.6 Å². The van der Waals surface area contributed by atoms with E-state index in [0.29, 0.717) is 23.7 Å². The second-order valence-electron chi connectivity index (χ2n) is 9.59. The van der Waals surface area contributed by atoms with Crippen LogP contribution in [0.1, 0.15) is 68.2 Å². The molecule has 0 bridgehead atoms. The van der Waals surface area contributed by atoms with Crippen molar-refractivity contribution < 1.29 is 9.59 Å². The summed E-state index contributed by atoms with van der Waals surface area (Å²) < 4.78 is 2.16. The van der Waals surface area contributed by atoms with Crippen LogP contribution in [0.2, 0.25) is 0 Å². The van der Waals surface area contributed by atoms with Gasteiger partial charge in [-0.1, -0.05) is 62.9 Å². The third kappa shape index (κ3) is 5.71. The van der Waals surface area contributed by atoms with E-state index in [4.69, 9.17) is 0 Å². The molecule has 0 spiro atoms. The number of aromatic nitrogens is 3. The van der Waals surface area contributed by atoms with Gasteiger partial charge < -0.3 is 9.88 Å². The summed E-state index contributed by atoms with van der Waals surface area (Å²) in [7, 11) is 0. The van der Waals surface area contributed by atoms with Gasteiger partial charge in [0.05, 0.1) is 11.8 Å². The fraction of sp³-hybridized carbons (Fsp3) is 0.385. The van der Waals surface area contributed by atoms with Crippen LogP contribution in [-0.2, 0) is 11.3 Å². The second kappa shape index (κ2) is 9.51. The number of ketones is 1. The molecule has 7 heteroatoms. The number of hydrogen-bond acceptors (Lipinski definition) is 5. The molecule has 3 aromatic rings. The van der Waals surface area contributed by atoms with Crippen LogP contribution in [0.15, 0.2) is 59.8 Å². The lowest BCUT2D eigenvalue weighted by atomic mass is 9.95. The van der Waals surface area contributed by atoms with Crippen molar-refractivity contribution in [3.8, 4) is 0 Å². The average Bonchev–Trinajstić information content (AvgIpc) is 3.56. The Morgan fingerprint density at radius 3 is 2.33 bits per heavy atom. The summed E-state index contributed by atoms with van der Waals surface area (Å²) in [6.07, 6.45) is 2.29. The molecule has 1 N–H and O–H groups in total. The summed E-state index contributed by atoms with van der Waals surface area (Å²) >= 11 is 1.45. The van der Waals surface area contributed by atoms with E-state index in [1.54, 1.807) is 24.3 Å². The van der Waals surface area contributed by atoms with E-state index in [0.717, 1.165) is 23.8 Å². The Kier molecular flexibility index (Phi) is 6.70. The lowest BCUT2D eigenvalue weighted by Gasteiger charge is -2.18. The number of hydrogen-bond donors (Lipinski definition) is 1. The van der Waals surface area contributed by atoms with Crippen LogP contribution >= 0.6 is 11.8 Å². The summed E-state index contributed by atoms with van der Waals surface area (Å²) in [5.41, 5.74) is 2.01. The SMILES string of the molecule is C[C@H](Sc1nnc(C2CC2)n1Cc1ccccc1)C(=O)c1ccc(NC(=O)C(C)(C)C)cc1. The van der Waals surface area contributed by atoms with Crippen LogP contribution < -0.4 is 5.32 Å². The van der Waals surface area contributed by atoms with Crippen LogP contribution in [0.5, 0.6) is 0 Å².